The van der Waals surface area contributed by atoms with Gasteiger partial charge in [0.2, 0.25) is 5.36 Å². The van der Waals surface area contributed by atoms with Crippen molar-refractivity contribution in [3.8, 4) is 11.5 Å². The first kappa shape index (κ1) is 37.7. The summed E-state index contributed by atoms with van der Waals surface area (Å²) in [6.07, 6.45) is 11.7. The minimum Gasteiger partial charge on any atom is -0.478 e. The van der Waals surface area contributed by atoms with Crippen LogP contribution in [-0.2, 0) is 32.2 Å². The number of ether oxygens (including phenoxy) is 1. The van der Waals surface area contributed by atoms with Crippen molar-refractivity contribution in [1.82, 2.24) is 24.3 Å². The summed E-state index contributed by atoms with van der Waals surface area (Å²) in [6, 6.07) is 9.68. The number of imidazole rings is 1. The Bertz CT molecular complexity index is 2530. The Morgan fingerprint density at radius 1 is 0.932 bits per heavy atom. The summed E-state index contributed by atoms with van der Waals surface area (Å²) in [7, 11) is 0. The highest BCUT2D eigenvalue weighted by molar-refractivity contribution is 6.03. The molecule has 1 unspecified atom stereocenters. The number of aromatic carboxylic acids is 1. The van der Waals surface area contributed by atoms with Gasteiger partial charge in [0.05, 0.1) is 23.8 Å². The molecule has 0 aliphatic carbocycles. The number of carbonyl (C=O) groups is 2. The number of aliphatic hydroxyl groups excluding tert-OH is 1. The lowest BCUT2D eigenvalue weighted by Crippen LogP contribution is -2.45. The molecule has 3 aromatic carbocycles. The van der Waals surface area contributed by atoms with E-state index in [4.69, 9.17) is 4.74 Å². The lowest BCUT2D eigenvalue weighted by Gasteiger charge is -2.39. The third kappa shape index (κ3) is 6.75. The maximum atomic E-state index is 13.7. The van der Waals surface area contributed by atoms with Crippen LogP contribution >= 0.6 is 0 Å². The molecular formula is C45H50N7O7+. The number of carbonyl (C=O) groups excluding carboxylic acids is 1. The number of piperidine rings is 1. The van der Waals surface area contributed by atoms with E-state index >= 15 is 0 Å². The van der Waals surface area contributed by atoms with E-state index in [1.165, 1.54) is 56.3 Å². The fraction of sp³-hybridized carbons (Fsp3) is 0.467. The van der Waals surface area contributed by atoms with Gasteiger partial charge in [0.15, 0.2) is 0 Å². The number of hydrogen-bond acceptors (Lipinski definition) is 9. The van der Waals surface area contributed by atoms with Gasteiger partial charge in [-0.2, -0.15) is 0 Å². The first-order valence-corrected chi connectivity index (χ1v) is 21.4. The topological polar surface area (TPSA) is 166 Å². The van der Waals surface area contributed by atoms with Gasteiger partial charge >= 0.3 is 11.9 Å². The summed E-state index contributed by atoms with van der Waals surface area (Å²) in [6.45, 7) is 6.52. The smallest absolute Gasteiger partial charge is 0.434 e. The highest BCUT2D eigenvalue weighted by Crippen LogP contribution is 2.49. The molecule has 1 amide bonds. The Hall–Kier alpha value is -5.60. The number of fused-ring (bicyclic) bond motifs is 4. The van der Waals surface area contributed by atoms with Crippen molar-refractivity contribution in [3.05, 3.63) is 108 Å². The van der Waals surface area contributed by atoms with Crippen molar-refractivity contribution < 1.29 is 29.5 Å². The predicted molar refractivity (Wildman–Crippen MR) is 220 cm³/mol. The van der Waals surface area contributed by atoms with E-state index < -0.39 is 17.0 Å². The highest BCUT2D eigenvalue weighted by atomic mass is 16.6. The second-order valence-corrected chi connectivity index (χ2v) is 17.2. The summed E-state index contributed by atoms with van der Waals surface area (Å²) < 4.78 is 11.0. The number of aryl methyl sites for hydroxylation is 2. The first-order valence-electron chi connectivity index (χ1n) is 21.4. The van der Waals surface area contributed by atoms with Crippen LogP contribution < -0.4 is 30.1 Å². The quantitative estimate of drug-likeness (QED) is 0.108. The lowest BCUT2D eigenvalue weighted by atomic mass is 9.81. The molecular weight excluding hydrogens is 751 g/mol. The van der Waals surface area contributed by atoms with E-state index in [0.717, 1.165) is 131 Å². The third-order valence-corrected chi connectivity index (χ3v) is 13.5. The van der Waals surface area contributed by atoms with Crippen LogP contribution in [0.5, 0.6) is 11.5 Å². The number of hydrogen-bond donors (Lipinski definition) is 3. The molecule has 3 N–H and O–H groups in total. The number of nitro groups is 1. The Morgan fingerprint density at radius 2 is 1.69 bits per heavy atom. The molecule has 4 aromatic rings. The molecule has 7 heterocycles. The highest BCUT2D eigenvalue weighted by Gasteiger charge is 2.37. The molecule has 14 nitrogen and oxygen atoms in total. The molecule has 0 saturated carbocycles. The third-order valence-electron chi connectivity index (χ3n) is 13.5. The SMILES string of the molecule is O=C(NCC1CCN(CC(O)Cn2ccnc2[N+](=O)[O-])CC1)c1ccc(C2=c3cc4c5c(c3Oc3c2cc2c6c3CCCN6CCC2)CCC[N+]=5CCC4)c(C(=O)O)c1. The molecule has 1 aromatic heterocycles. The van der Waals surface area contributed by atoms with E-state index in [1.807, 2.05) is 6.07 Å². The predicted octanol–water partition coefficient (Wildman–Crippen LogP) is 3.43. The van der Waals surface area contributed by atoms with Crippen molar-refractivity contribution >= 4 is 29.1 Å². The first-order chi connectivity index (χ1) is 28.7. The van der Waals surface area contributed by atoms with Crippen molar-refractivity contribution in [2.24, 2.45) is 5.92 Å². The number of aromatic nitrogens is 2. The molecule has 6 aliphatic heterocycles. The summed E-state index contributed by atoms with van der Waals surface area (Å²) in [5.74, 6) is 0.265. The van der Waals surface area contributed by atoms with Gasteiger partial charge < -0.3 is 40.2 Å². The molecule has 0 bridgehead atoms. The monoisotopic (exact) mass is 800 g/mol. The minimum atomic E-state index is -1.08. The molecule has 1 fully saturated rings. The fourth-order valence-electron chi connectivity index (χ4n) is 10.8. The van der Waals surface area contributed by atoms with Crippen LogP contribution in [0.2, 0.25) is 0 Å². The second kappa shape index (κ2) is 15.2. The molecule has 0 spiro atoms. The summed E-state index contributed by atoms with van der Waals surface area (Å²) in [4.78, 5) is 46.0. The van der Waals surface area contributed by atoms with Crippen LogP contribution in [0.3, 0.4) is 0 Å². The minimum absolute atomic E-state index is 0.0823. The van der Waals surface area contributed by atoms with E-state index in [1.54, 1.807) is 6.07 Å². The van der Waals surface area contributed by atoms with E-state index in [0.29, 0.717) is 24.2 Å². The number of carboxylic acids is 1. The van der Waals surface area contributed by atoms with Gasteiger partial charge in [-0.25, -0.2) is 13.9 Å². The van der Waals surface area contributed by atoms with E-state index in [-0.39, 0.29) is 29.9 Å². The molecule has 6 aliphatic rings. The summed E-state index contributed by atoms with van der Waals surface area (Å²) >= 11 is 0. The number of rotatable bonds is 10. The average molecular weight is 801 g/mol. The zero-order valence-corrected chi connectivity index (χ0v) is 33.3. The number of nitrogens with zero attached hydrogens (tertiary/aromatic N) is 6. The Kier molecular flexibility index (Phi) is 9.71. The van der Waals surface area contributed by atoms with Gasteiger partial charge in [0, 0.05) is 77.8 Å². The molecule has 10 rings (SSSR count). The maximum Gasteiger partial charge on any atom is 0.434 e. The molecule has 59 heavy (non-hydrogen) atoms. The van der Waals surface area contributed by atoms with E-state index in [9.17, 15) is 29.9 Å². The number of nitrogens with one attached hydrogen (secondary N) is 1. The maximum absolute atomic E-state index is 13.7. The van der Waals surface area contributed by atoms with Gasteiger partial charge in [-0.3, -0.25) is 4.79 Å². The summed E-state index contributed by atoms with van der Waals surface area (Å²) in [5.41, 5.74) is 9.22. The van der Waals surface area contributed by atoms with Crippen molar-refractivity contribution in [3.63, 3.8) is 0 Å². The van der Waals surface area contributed by atoms with Gasteiger partial charge in [0.1, 0.15) is 37.0 Å². The van der Waals surface area contributed by atoms with E-state index in [2.05, 4.69) is 36.8 Å². The van der Waals surface area contributed by atoms with Crippen LogP contribution in [-0.4, -0.2) is 99.9 Å². The van der Waals surface area contributed by atoms with Crippen LogP contribution in [0.4, 0.5) is 11.6 Å². The number of likely N-dealkylation sites (tertiary alicyclic amines) is 1. The molecule has 14 heteroatoms. The largest absolute Gasteiger partial charge is 0.478 e. The van der Waals surface area contributed by atoms with Crippen LogP contribution in [0.1, 0.15) is 92.6 Å². The number of benzene rings is 3. The fourth-order valence-corrected chi connectivity index (χ4v) is 10.8. The molecule has 1 saturated heterocycles. The van der Waals surface area contributed by atoms with Crippen LogP contribution in [0, 0.1) is 16.0 Å². The number of anilines is 1. The summed E-state index contributed by atoms with van der Waals surface area (Å²) in [5, 5.41) is 38.0. The van der Waals surface area contributed by atoms with Gasteiger partial charge in [0.25, 0.3) is 5.91 Å². The number of aliphatic hydroxyl groups is 1. The second-order valence-electron chi connectivity index (χ2n) is 17.2. The van der Waals surface area contributed by atoms with Crippen LogP contribution in [0.15, 0.2) is 42.7 Å². The van der Waals surface area contributed by atoms with Gasteiger partial charge in [-0.1, -0.05) is 11.1 Å². The number of amides is 1. The normalized spacial score (nSPS) is 18.9. The molecule has 306 valence electrons. The van der Waals surface area contributed by atoms with Gasteiger partial charge in [-0.15, -0.1) is 0 Å². The van der Waals surface area contributed by atoms with Gasteiger partial charge in [-0.05, 0) is 111 Å². The van der Waals surface area contributed by atoms with Crippen molar-refractivity contribution in [2.45, 2.75) is 76.9 Å². The number of β-amino-alcohol motifs (C(OH)–C–C–N with tert-alkyl or cyclic N) is 1. The molecule has 0 radical (unpaired) electrons. The zero-order valence-electron chi connectivity index (χ0n) is 33.3. The number of carboxylic acid groups (broad SMARTS) is 1. The van der Waals surface area contributed by atoms with Crippen molar-refractivity contribution in [1.29, 1.82) is 0 Å². The Labute approximate surface area is 341 Å². The lowest BCUT2D eigenvalue weighted by molar-refractivity contribution is -0.397. The van der Waals surface area contributed by atoms with Crippen LogP contribution in [0.25, 0.3) is 5.57 Å². The Balaban J connectivity index is 0.934. The standard InChI is InChI=1S/C45H49N7O7/c53-31(26-51-20-13-46-45(51)52(57)58)25-48-18-11-27(12-19-48)24-47-43(54)30-9-10-32(35(23-30)44(55)56)38-36-21-28-5-1-14-49-16-3-7-33(39(28)49)41(36)59-42-34-8-4-17-50-15-2-6-29(40(34)50)22-37(38)42/h9-10,13,20-23,27,31,53H,1-8,11-12,14-19,24-26H2,(H-,47,54,55,56)/p+1. The Morgan fingerprint density at radius 3 is 2.49 bits per heavy atom. The van der Waals surface area contributed by atoms with Crippen molar-refractivity contribution in [2.75, 3.05) is 57.3 Å². The average Bonchev–Trinajstić information content (AvgIpc) is 3.71. The molecule has 1 atom stereocenters. The zero-order chi connectivity index (χ0) is 40.4.